The number of nitrogens with zero attached hydrogens (tertiary/aromatic N) is 1. The Morgan fingerprint density at radius 1 is 1.39 bits per heavy atom. The highest BCUT2D eigenvalue weighted by atomic mass is 35.5. The molecule has 1 aromatic rings. The number of likely N-dealkylation sites (N-methyl/N-ethyl adjacent to an activating group) is 1. The fraction of sp³-hybridized carbons (Fsp3) is 0.467. The lowest BCUT2D eigenvalue weighted by atomic mass is 10.2. The number of amides is 2. The minimum atomic E-state index is -0.362. The van der Waals surface area contributed by atoms with Gasteiger partial charge in [-0.15, -0.1) is 0 Å². The molecule has 0 aliphatic carbocycles. The third-order valence-electron chi connectivity index (χ3n) is 3.50. The number of rotatable bonds is 6. The lowest BCUT2D eigenvalue weighted by Crippen LogP contribution is -2.20. The quantitative estimate of drug-likeness (QED) is 0.859. The summed E-state index contributed by atoms with van der Waals surface area (Å²) in [6, 6.07) is 3.17. The molecule has 0 spiro atoms. The zero-order valence-corrected chi connectivity index (χ0v) is 14.0. The Hall–Kier alpha value is -2.15. The molecule has 1 heterocycles. The van der Waals surface area contributed by atoms with Crippen LogP contribution in [-0.2, 0) is 9.53 Å². The molecule has 1 unspecified atom stereocenters. The minimum Gasteiger partial charge on any atom is -0.495 e. The molecule has 7 nitrogen and oxygen atoms in total. The maximum absolute atomic E-state index is 12.1. The Kier molecular flexibility index (Phi) is 5.54. The highest BCUT2D eigenvalue weighted by Crippen LogP contribution is 2.35. The molecule has 0 radical (unpaired) electrons. The molecule has 1 saturated heterocycles. The van der Waals surface area contributed by atoms with Crippen molar-refractivity contribution < 1.29 is 23.8 Å². The number of hydrogen-bond donors (Lipinski definition) is 1. The number of nitrogens with one attached hydrogen (secondary N) is 1. The molecule has 0 bridgehead atoms. The SMILES string of the molecule is COc1cc(NC(=O)CCC2CN(C)C(=O)O2)c(OC)cc1Cl. The predicted molar refractivity (Wildman–Crippen MR) is 85.3 cm³/mol. The molecule has 23 heavy (non-hydrogen) atoms. The van der Waals surface area contributed by atoms with Crippen LogP contribution < -0.4 is 14.8 Å². The summed E-state index contributed by atoms with van der Waals surface area (Å²) < 4.78 is 15.4. The van der Waals surface area contributed by atoms with Crippen LogP contribution in [0, 0.1) is 0 Å². The van der Waals surface area contributed by atoms with E-state index in [9.17, 15) is 9.59 Å². The van der Waals surface area contributed by atoms with Gasteiger partial charge < -0.3 is 24.4 Å². The fourth-order valence-electron chi connectivity index (χ4n) is 2.26. The van der Waals surface area contributed by atoms with Gasteiger partial charge in [0.05, 0.1) is 31.5 Å². The van der Waals surface area contributed by atoms with Gasteiger partial charge in [-0.05, 0) is 6.42 Å². The zero-order chi connectivity index (χ0) is 17.0. The average Bonchev–Trinajstić information content (AvgIpc) is 2.85. The molecule has 1 atom stereocenters. The van der Waals surface area contributed by atoms with Gasteiger partial charge in [0.25, 0.3) is 0 Å². The van der Waals surface area contributed by atoms with Crippen LogP contribution in [0.3, 0.4) is 0 Å². The van der Waals surface area contributed by atoms with Crippen molar-refractivity contribution in [2.45, 2.75) is 18.9 Å². The van der Waals surface area contributed by atoms with Gasteiger partial charge >= 0.3 is 6.09 Å². The first-order chi connectivity index (χ1) is 10.9. The minimum absolute atomic E-state index is 0.210. The molecule has 1 aliphatic heterocycles. The van der Waals surface area contributed by atoms with E-state index in [2.05, 4.69) is 5.32 Å². The summed E-state index contributed by atoms with van der Waals surface area (Å²) in [5.41, 5.74) is 0.472. The molecule has 1 aliphatic rings. The zero-order valence-electron chi connectivity index (χ0n) is 13.2. The second kappa shape index (κ2) is 7.41. The Morgan fingerprint density at radius 3 is 2.65 bits per heavy atom. The van der Waals surface area contributed by atoms with Crippen molar-refractivity contribution in [1.29, 1.82) is 0 Å². The average molecular weight is 343 g/mol. The van der Waals surface area contributed by atoms with Crippen LogP contribution >= 0.6 is 11.6 Å². The number of methoxy groups -OCH3 is 2. The van der Waals surface area contributed by atoms with Crippen molar-refractivity contribution in [3.8, 4) is 11.5 Å². The first-order valence-corrected chi connectivity index (χ1v) is 7.45. The van der Waals surface area contributed by atoms with Gasteiger partial charge in [0.2, 0.25) is 5.91 Å². The number of carbonyl (C=O) groups excluding carboxylic acids is 2. The summed E-state index contributed by atoms with van der Waals surface area (Å²) in [5.74, 6) is 0.670. The van der Waals surface area contributed by atoms with Crippen LogP contribution in [0.1, 0.15) is 12.8 Å². The molecular formula is C15H19ClN2O5. The monoisotopic (exact) mass is 342 g/mol. The normalized spacial score (nSPS) is 17.0. The third-order valence-corrected chi connectivity index (χ3v) is 3.79. The molecule has 0 aromatic heterocycles. The highest BCUT2D eigenvalue weighted by molar-refractivity contribution is 6.32. The van der Waals surface area contributed by atoms with E-state index in [1.54, 1.807) is 19.2 Å². The first-order valence-electron chi connectivity index (χ1n) is 7.07. The number of cyclic esters (lactones) is 1. The van der Waals surface area contributed by atoms with Crippen molar-refractivity contribution in [2.75, 3.05) is 33.1 Å². The molecule has 0 saturated carbocycles. The number of carbonyl (C=O) groups is 2. The molecule has 1 N–H and O–H groups in total. The van der Waals surface area contributed by atoms with Crippen molar-refractivity contribution >= 4 is 29.3 Å². The van der Waals surface area contributed by atoms with Gasteiger partial charge in [0.1, 0.15) is 17.6 Å². The van der Waals surface area contributed by atoms with Crippen molar-refractivity contribution in [3.05, 3.63) is 17.2 Å². The van der Waals surface area contributed by atoms with Gasteiger partial charge in [-0.25, -0.2) is 4.79 Å². The molecule has 1 aromatic carbocycles. The van der Waals surface area contributed by atoms with Crippen LogP contribution in [-0.4, -0.2) is 50.8 Å². The van der Waals surface area contributed by atoms with Gasteiger partial charge in [-0.2, -0.15) is 0 Å². The fourth-order valence-corrected chi connectivity index (χ4v) is 2.49. The Labute approximate surface area is 139 Å². The van der Waals surface area contributed by atoms with Crippen molar-refractivity contribution in [1.82, 2.24) is 4.90 Å². The van der Waals surface area contributed by atoms with Crippen LogP contribution in [0.2, 0.25) is 5.02 Å². The number of benzene rings is 1. The number of hydrogen-bond acceptors (Lipinski definition) is 5. The number of ether oxygens (including phenoxy) is 3. The highest BCUT2D eigenvalue weighted by Gasteiger charge is 2.28. The summed E-state index contributed by atoms with van der Waals surface area (Å²) in [5, 5.41) is 3.15. The van der Waals surface area contributed by atoms with Crippen LogP contribution in [0.5, 0.6) is 11.5 Å². The van der Waals surface area contributed by atoms with E-state index >= 15 is 0 Å². The van der Waals surface area contributed by atoms with E-state index < -0.39 is 0 Å². The lowest BCUT2D eigenvalue weighted by molar-refractivity contribution is -0.116. The van der Waals surface area contributed by atoms with Crippen LogP contribution in [0.4, 0.5) is 10.5 Å². The Morgan fingerprint density at radius 2 is 2.09 bits per heavy atom. The Bertz CT molecular complexity index is 608. The van der Waals surface area contributed by atoms with E-state index in [0.29, 0.717) is 35.2 Å². The molecule has 8 heteroatoms. The Balaban J connectivity index is 1.96. The molecule has 1 fully saturated rings. The van der Waals surface area contributed by atoms with Crippen LogP contribution in [0.15, 0.2) is 12.1 Å². The summed E-state index contributed by atoms with van der Waals surface area (Å²) in [4.78, 5) is 24.8. The van der Waals surface area contributed by atoms with Crippen molar-refractivity contribution in [2.24, 2.45) is 0 Å². The summed E-state index contributed by atoms with van der Waals surface area (Å²) in [6.07, 6.45) is 0.0499. The van der Waals surface area contributed by atoms with Gasteiger partial charge in [0, 0.05) is 25.6 Å². The first kappa shape index (κ1) is 17.2. The van der Waals surface area contributed by atoms with Gasteiger partial charge in [-0.1, -0.05) is 11.6 Å². The summed E-state index contributed by atoms with van der Waals surface area (Å²) in [7, 11) is 4.64. The number of anilines is 1. The van der Waals surface area contributed by atoms with E-state index in [4.69, 9.17) is 25.8 Å². The summed E-state index contributed by atoms with van der Waals surface area (Å²) in [6.45, 7) is 0.490. The number of halogens is 1. The maximum Gasteiger partial charge on any atom is 0.409 e. The van der Waals surface area contributed by atoms with E-state index in [1.165, 1.54) is 19.1 Å². The van der Waals surface area contributed by atoms with E-state index in [-0.39, 0.29) is 24.5 Å². The van der Waals surface area contributed by atoms with E-state index in [0.717, 1.165) is 0 Å². The molecule has 126 valence electrons. The van der Waals surface area contributed by atoms with Crippen LogP contribution in [0.25, 0.3) is 0 Å². The van der Waals surface area contributed by atoms with Gasteiger partial charge in [-0.3, -0.25) is 4.79 Å². The lowest BCUT2D eigenvalue weighted by Gasteiger charge is -2.13. The second-order valence-electron chi connectivity index (χ2n) is 5.16. The second-order valence-corrected chi connectivity index (χ2v) is 5.57. The smallest absolute Gasteiger partial charge is 0.409 e. The summed E-state index contributed by atoms with van der Waals surface area (Å²) >= 11 is 6.02. The standard InChI is InChI=1S/C15H19ClN2O5/c1-18-8-9(23-15(18)20)4-5-14(19)17-11-7-12(21-2)10(16)6-13(11)22-3/h6-7,9H,4-5,8H2,1-3H3,(H,17,19). The van der Waals surface area contributed by atoms with Crippen molar-refractivity contribution in [3.63, 3.8) is 0 Å². The topological polar surface area (TPSA) is 77.1 Å². The van der Waals surface area contributed by atoms with Gasteiger partial charge in [0.15, 0.2) is 0 Å². The third kappa shape index (κ3) is 4.19. The predicted octanol–water partition coefficient (Wildman–Crippen LogP) is 2.53. The molecular weight excluding hydrogens is 324 g/mol. The molecule has 2 amide bonds. The maximum atomic E-state index is 12.1. The van der Waals surface area contributed by atoms with E-state index in [1.807, 2.05) is 0 Å². The molecule has 2 rings (SSSR count). The largest absolute Gasteiger partial charge is 0.495 e.